The van der Waals surface area contributed by atoms with Crippen molar-refractivity contribution in [3.63, 3.8) is 0 Å². The number of carbonyl (C=O) groups is 2. The first-order valence-electron chi connectivity index (χ1n) is 8.00. The Labute approximate surface area is 147 Å². The van der Waals surface area contributed by atoms with Crippen molar-refractivity contribution in [3.05, 3.63) is 38.9 Å². The molecule has 0 unspecified atom stereocenters. The molecule has 0 aliphatic heterocycles. The summed E-state index contributed by atoms with van der Waals surface area (Å²) in [6, 6.07) is 2.87. The van der Waals surface area contributed by atoms with E-state index < -0.39 is 28.6 Å². The Kier molecular flexibility index (Phi) is 5.75. The van der Waals surface area contributed by atoms with Gasteiger partial charge >= 0.3 is 11.7 Å². The van der Waals surface area contributed by atoms with E-state index in [9.17, 15) is 24.5 Å². The van der Waals surface area contributed by atoms with Crippen LogP contribution in [0.15, 0.2) is 27.4 Å². The number of rotatable bonds is 8. The molecule has 140 valence electrons. The number of aryl methyl sites for hydroxylation is 1. The van der Waals surface area contributed by atoms with Crippen molar-refractivity contribution in [1.82, 2.24) is 9.88 Å². The molecule has 0 aliphatic carbocycles. The zero-order chi connectivity index (χ0) is 19.4. The van der Waals surface area contributed by atoms with Crippen LogP contribution >= 0.6 is 0 Å². The normalized spacial score (nSPS) is 12.3. The van der Waals surface area contributed by atoms with E-state index in [0.717, 1.165) is 0 Å². The molecule has 1 heterocycles. The van der Waals surface area contributed by atoms with E-state index >= 15 is 0 Å². The minimum absolute atomic E-state index is 0.0304. The van der Waals surface area contributed by atoms with Crippen LogP contribution in [0.25, 0.3) is 11.1 Å². The van der Waals surface area contributed by atoms with Gasteiger partial charge in [0, 0.05) is 19.0 Å². The third kappa shape index (κ3) is 4.26. The third-order valence-electron chi connectivity index (χ3n) is 3.90. The minimum atomic E-state index is -1.10. The second-order valence-electron chi connectivity index (χ2n) is 6.16. The molecule has 1 atom stereocenters. The molecular formula is C16H19N3O7. The molecule has 0 saturated carbocycles. The number of nitro groups is 1. The molecule has 1 aromatic carbocycles. The molecular weight excluding hydrogens is 346 g/mol. The molecule has 0 aliphatic rings. The van der Waals surface area contributed by atoms with Crippen LogP contribution in [0.4, 0.5) is 5.69 Å². The first-order chi connectivity index (χ1) is 12.2. The van der Waals surface area contributed by atoms with E-state index in [2.05, 4.69) is 5.32 Å². The Bertz CT molecular complexity index is 897. The monoisotopic (exact) mass is 365 g/mol. The third-order valence-corrected chi connectivity index (χ3v) is 3.90. The summed E-state index contributed by atoms with van der Waals surface area (Å²) >= 11 is 0. The standard InChI is InChI=1S/C16H19N3O7/c1-9(2)14(15(21)22)17-13(20)4-3-7-18-11-6-5-10(19(24)25)8-12(11)26-16(18)23/h5-6,8-9,14H,3-4,7H2,1-2H3,(H,17,20)(H,21,22)/t14-/m1/s1. The highest BCUT2D eigenvalue weighted by atomic mass is 16.6. The fourth-order valence-corrected chi connectivity index (χ4v) is 2.54. The lowest BCUT2D eigenvalue weighted by Crippen LogP contribution is -2.44. The van der Waals surface area contributed by atoms with Crippen LogP contribution < -0.4 is 11.1 Å². The number of carbonyl (C=O) groups excluding carboxylic acids is 1. The number of oxazole rings is 1. The molecule has 2 N–H and O–H groups in total. The topological polar surface area (TPSA) is 145 Å². The first kappa shape index (κ1) is 19.2. The number of aliphatic carboxylic acids is 1. The molecule has 0 spiro atoms. The van der Waals surface area contributed by atoms with E-state index in [1.807, 2.05) is 0 Å². The molecule has 1 amide bonds. The highest BCUT2D eigenvalue weighted by Crippen LogP contribution is 2.20. The van der Waals surface area contributed by atoms with Crippen molar-refractivity contribution in [1.29, 1.82) is 0 Å². The van der Waals surface area contributed by atoms with Gasteiger partial charge in [0.2, 0.25) is 5.91 Å². The zero-order valence-corrected chi connectivity index (χ0v) is 14.3. The summed E-state index contributed by atoms with van der Waals surface area (Å²) in [5.41, 5.74) is 0.303. The maximum Gasteiger partial charge on any atom is 0.419 e. The van der Waals surface area contributed by atoms with Crippen LogP contribution in [-0.2, 0) is 16.1 Å². The molecule has 0 bridgehead atoms. The van der Waals surface area contributed by atoms with Gasteiger partial charge in [-0.3, -0.25) is 19.5 Å². The van der Waals surface area contributed by atoms with Crippen molar-refractivity contribution >= 4 is 28.7 Å². The van der Waals surface area contributed by atoms with Gasteiger partial charge in [-0.05, 0) is 18.4 Å². The van der Waals surface area contributed by atoms with Gasteiger partial charge in [-0.25, -0.2) is 9.59 Å². The number of hydrogen-bond donors (Lipinski definition) is 2. The van der Waals surface area contributed by atoms with Gasteiger partial charge in [0.1, 0.15) is 6.04 Å². The predicted octanol–water partition coefficient (Wildman–Crippen LogP) is 1.51. The van der Waals surface area contributed by atoms with Gasteiger partial charge in [0.15, 0.2) is 5.58 Å². The Morgan fingerprint density at radius 2 is 2.08 bits per heavy atom. The number of nitrogens with zero attached hydrogens (tertiary/aromatic N) is 2. The van der Waals surface area contributed by atoms with Crippen LogP contribution in [0, 0.1) is 16.0 Å². The van der Waals surface area contributed by atoms with Crippen molar-refractivity contribution in [2.45, 2.75) is 39.3 Å². The molecule has 26 heavy (non-hydrogen) atoms. The van der Waals surface area contributed by atoms with Crippen LogP contribution in [-0.4, -0.2) is 32.5 Å². The van der Waals surface area contributed by atoms with Crippen LogP contribution in [0.3, 0.4) is 0 Å². The number of benzene rings is 1. The lowest BCUT2D eigenvalue weighted by Gasteiger charge is -2.17. The smallest absolute Gasteiger partial charge is 0.419 e. The SMILES string of the molecule is CC(C)[C@@H](NC(=O)CCCn1c(=O)oc2cc([N+](=O)[O-])ccc21)C(=O)O. The predicted molar refractivity (Wildman–Crippen MR) is 90.8 cm³/mol. The first-order valence-corrected chi connectivity index (χ1v) is 8.00. The van der Waals surface area contributed by atoms with Crippen molar-refractivity contribution in [2.24, 2.45) is 5.92 Å². The number of aromatic nitrogens is 1. The van der Waals surface area contributed by atoms with E-state index in [0.29, 0.717) is 5.52 Å². The summed E-state index contributed by atoms with van der Waals surface area (Å²) < 4.78 is 6.28. The van der Waals surface area contributed by atoms with Crippen LogP contribution in [0.1, 0.15) is 26.7 Å². The van der Waals surface area contributed by atoms with Gasteiger partial charge in [-0.1, -0.05) is 13.8 Å². The summed E-state index contributed by atoms with van der Waals surface area (Å²) in [5, 5.41) is 22.3. The average Bonchev–Trinajstić information content (AvgIpc) is 2.86. The van der Waals surface area contributed by atoms with Gasteiger partial charge in [-0.2, -0.15) is 0 Å². The largest absolute Gasteiger partial charge is 0.480 e. The van der Waals surface area contributed by atoms with E-state index in [4.69, 9.17) is 9.52 Å². The second-order valence-corrected chi connectivity index (χ2v) is 6.16. The van der Waals surface area contributed by atoms with Crippen LogP contribution in [0.2, 0.25) is 0 Å². The molecule has 0 saturated heterocycles. The highest BCUT2D eigenvalue weighted by Gasteiger charge is 2.23. The number of carboxylic acid groups (broad SMARTS) is 1. The molecule has 10 nitrogen and oxygen atoms in total. The number of amides is 1. The zero-order valence-electron chi connectivity index (χ0n) is 14.3. The van der Waals surface area contributed by atoms with Crippen LogP contribution in [0.5, 0.6) is 0 Å². The number of nitrogens with one attached hydrogen (secondary N) is 1. The average molecular weight is 365 g/mol. The number of carboxylic acids is 1. The summed E-state index contributed by atoms with van der Waals surface area (Å²) in [6.45, 7) is 3.54. The van der Waals surface area contributed by atoms with Gasteiger partial charge in [0.25, 0.3) is 5.69 Å². The van der Waals surface area contributed by atoms with Crippen molar-refractivity contribution in [2.75, 3.05) is 0 Å². The van der Waals surface area contributed by atoms with E-state index in [1.165, 1.54) is 22.8 Å². The molecule has 0 fully saturated rings. The Balaban J connectivity index is 2.02. The Morgan fingerprint density at radius 3 is 2.65 bits per heavy atom. The number of fused-ring (bicyclic) bond motifs is 1. The van der Waals surface area contributed by atoms with Crippen molar-refractivity contribution in [3.8, 4) is 0 Å². The van der Waals surface area contributed by atoms with Gasteiger partial charge in [0.05, 0.1) is 16.5 Å². The summed E-state index contributed by atoms with van der Waals surface area (Å²) in [5.74, 6) is -2.46. The quantitative estimate of drug-likeness (QED) is 0.532. The van der Waals surface area contributed by atoms with Crippen molar-refractivity contribution < 1.29 is 24.0 Å². The summed E-state index contributed by atoms with van der Waals surface area (Å²) in [6.07, 6.45) is 0.310. The Hall–Kier alpha value is -3.17. The maximum absolute atomic E-state index is 11.9. The van der Waals surface area contributed by atoms with Gasteiger partial charge in [-0.15, -0.1) is 0 Å². The second kappa shape index (κ2) is 7.81. The molecule has 2 aromatic rings. The minimum Gasteiger partial charge on any atom is -0.480 e. The van der Waals surface area contributed by atoms with E-state index in [-0.39, 0.29) is 36.6 Å². The van der Waals surface area contributed by atoms with Gasteiger partial charge < -0.3 is 14.8 Å². The van der Waals surface area contributed by atoms with E-state index in [1.54, 1.807) is 13.8 Å². The lowest BCUT2D eigenvalue weighted by atomic mass is 10.0. The molecule has 2 rings (SSSR count). The highest BCUT2D eigenvalue weighted by molar-refractivity contribution is 5.83. The summed E-state index contributed by atoms with van der Waals surface area (Å²) in [4.78, 5) is 45.1. The molecule has 10 heteroatoms. The Morgan fingerprint density at radius 1 is 1.38 bits per heavy atom. The molecule has 1 aromatic heterocycles. The number of hydrogen-bond acceptors (Lipinski definition) is 6. The number of non-ortho nitro benzene ring substituents is 1. The summed E-state index contributed by atoms with van der Waals surface area (Å²) in [7, 11) is 0. The maximum atomic E-state index is 11.9. The fraction of sp³-hybridized carbons (Fsp3) is 0.438. The lowest BCUT2D eigenvalue weighted by molar-refractivity contribution is -0.384. The fourth-order valence-electron chi connectivity index (χ4n) is 2.54. The molecule has 0 radical (unpaired) electrons. The number of nitro benzene ring substituents is 1.